The predicted molar refractivity (Wildman–Crippen MR) is 141 cm³/mol. The summed E-state index contributed by atoms with van der Waals surface area (Å²) in [6.07, 6.45) is 0. The minimum atomic E-state index is 0.611. The molecule has 0 saturated carbocycles. The Bertz CT molecular complexity index is 1710. The molecule has 160 valence electrons. The van der Waals surface area contributed by atoms with Gasteiger partial charge in [-0.05, 0) is 53.6 Å². The highest BCUT2D eigenvalue weighted by Crippen LogP contribution is 2.39. The molecule has 0 aliphatic heterocycles. The van der Waals surface area contributed by atoms with Crippen molar-refractivity contribution in [3.05, 3.63) is 126 Å². The van der Waals surface area contributed by atoms with Gasteiger partial charge in [-0.15, -0.1) is 0 Å². The molecule has 1 aromatic heterocycles. The standard InChI is InChI=1S/C31H19ClN2/c32-23-18-26(21-9-3-1-4-10-21)29(20-33)27(19-23)22-15-16-31-28(17-22)25-13-7-8-14-30(25)34(31)24-11-5-2-6-12-24/h1-19H. The van der Waals surface area contributed by atoms with E-state index >= 15 is 0 Å². The number of aromatic nitrogens is 1. The van der Waals surface area contributed by atoms with Gasteiger partial charge in [0, 0.05) is 32.6 Å². The highest BCUT2D eigenvalue weighted by molar-refractivity contribution is 6.31. The van der Waals surface area contributed by atoms with E-state index in [0.29, 0.717) is 10.6 Å². The number of nitriles is 1. The highest BCUT2D eigenvalue weighted by Gasteiger charge is 2.17. The zero-order valence-electron chi connectivity index (χ0n) is 18.2. The summed E-state index contributed by atoms with van der Waals surface area (Å²) in [5.74, 6) is 0. The Morgan fingerprint density at radius 1 is 0.588 bits per heavy atom. The van der Waals surface area contributed by atoms with Crippen LogP contribution in [0.15, 0.2) is 115 Å². The maximum Gasteiger partial charge on any atom is 0.100 e. The molecule has 6 rings (SSSR count). The van der Waals surface area contributed by atoms with Crippen LogP contribution in [0.3, 0.4) is 0 Å². The summed E-state index contributed by atoms with van der Waals surface area (Å²) in [6, 6.07) is 41.4. The van der Waals surface area contributed by atoms with Crippen molar-refractivity contribution in [2.45, 2.75) is 0 Å². The van der Waals surface area contributed by atoms with Crippen molar-refractivity contribution in [2.75, 3.05) is 0 Å². The summed E-state index contributed by atoms with van der Waals surface area (Å²) in [4.78, 5) is 0. The quantitative estimate of drug-likeness (QED) is 0.263. The topological polar surface area (TPSA) is 28.7 Å². The first-order valence-electron chi connectivity index (χ1n) is 11.1. The Labute approximate surface area is 202 Å². The van der Waals surface area contributed by atoms with Gasteiger partial charge in [-0.2, -0.15) is 5.26 Å². The zero-order valence-corrected chi connectivity index (χ0v) is 19.0. The number of fused-ring (bicyclic) bond motifs is 3. The highest BCUT2D eigenvalue weighted by atomic mass is 35.5. The molecule has 0 bridgehead atoms. The van der Waals surface area contributed by atoms with Crippen LogP contribution in [-0.4, -0.2) is 4.57 Å². The van der Waals surface area contributed by atoms with E-state index in [1.54, 1.807) is 0 Å². The van der Waals surface area contributed by atoms with Gasteiger partial charge in [-0.3, -0.25) is 0 Å². The fourth-order valence-corrected chi connectivity index (χ4v) is 5.01. The van der Waals surface area contributed by atoms with E-state index in [0.717, 1.165) is 44.4 Å². The Balaban J connectivity index is 1.63. The molecule has 0 saturated heterocycles. The molecular formula is C31H19ClN2. The van der Waals surface area contributed by atoms with Crippen molar-refractivity contribution in [1.82, 2.24) is 4.57 Å². The molecule has 3 heteroatoms. The van der Waals surface area contributed by atoms with Crippen LogP contribution in [0, 0.1) is 11.3 Å². The summed E-state index contributed by atoms with van der Waals surface area (Å²) in [6.45, 7) is 0. The molecule has 0 radical (unpaired) electrons. The van der Waals surface area contributed by atoms with E-state index in [2.05, 4.69) is 77.4 Å². The Hall–Kier alpha value is -4.32. The van der Waals surface area contributed by atoms with E-state index in [9.17, 15) is 5.26 Å². The molecule has 0 aliphatic rings. The van der Waals surface area contributed by atoms with Crippen molar-refractivity contribution >= 4 is 33.4 Å². The molecule has 0 N–H and O–H groups in total. The van der Waals surface area contributed by atoms with Crippen LogP contribution in [-0.2, 0) is 0 Å². The van der Waals surface area contributed by atoms with Gasteiger partial charge in [0.15, 0.2) is 0 Å². The van der Waals surface area contributed by atoms with Crippen LogP contribution in [0.5, 0.6) is 0 Å². The van der Waals surface area contributed by atoms with Crippen LogP contribution in [0.2, 0.25) is 5.02 Å². The second-order valence-corrected chi connectivity index (χ2v) is 8.71. The third-order valence-corrected chi connectivity index (χ3v) is 6.52. The maximum atomic E-state index is 10.2. The fourth-order valence-electron chi connectivity index (χ4n) is 4.80. The first kappa shape index (κ1) is 20.3. The molecule has 0 amide bonds. The normalized spacial score (nSPS) is 11.1. The van der Waals surface area contributed by atoms with Crippen LogP contribution < -0.4 is 0 Å². The lowest BCUT2D eigenvalue weighted by atomic mass is 9.92. The first-order valence-corrected chi connectivity index (χ1v) is 11.5. The summed E-state index contributed by atoms with van der Waals surface area (Å²) in [7, 11) is 0. The number of rotatable bonds is 3. The largest absolute Gasteiger partial charge is 0.309 e. The van der Waals surface area contributed by atoms with Gasteiger partial charge < -0.3 is 4.57 Å². The van der Waals surface area contributed by atoms with Crippen LogP contribution >= 0.6 is 11.6 Å². The van der Waals surface area contributed by atoms with E-state index < -0.39 is 0 Å². The minimum absolute atomic E-state index is 0.611. The van der Waals surface area contributed by atoms with Gasteiger partial charge in [0.05, 0.1) is 16.6 Å². The van der Waals surface area contributed by atoms with Gasteiger partial charge in [-0.25, -0.2) is 0 Å². The molecule has 0 atom stereocenters. The van der Waals surface area contributed by atoms with E-state index in [1.165, 1.54) is 5.39 Å². The fraction of sp³-hybridized carbons (Fsp3) is 0. The van der Waals surface area contributed by atoms with Crippen molar-refractivity contribution in [1.29, 1.82) is 5.26 Å². The monoisotopic (exact) mass is 454 g/mol. The Kier molecular flexibility index (Phi) is 4.91. The second kappa shape index (κ2) is 8.23. The summed E-state index contributed by atoms with van der Waals surface area (Å²) < 4.78 is 2.28. The van der Waals surface area contributed by atoms with Gasteiger partial charge >= 0.3 is 0 Å². The molecule has 0 spiro atoms. The van der Waals surface area contributed by atoms with E-state index in [1.807, 2.05) is 48.5 Å². The van der Waals surface area contributed by atoms with Crippen LogP contribution in [0.25, 0.3) is 49.7 Å². The maximum absolute atomic E-state index is 10.2. The van der Waals surface area contributed by atoms with Crippen molar-refractivity contribution < 1.29 is 0 Å². The van der Waals surface area contributed by atoms with Crippen molar-refractivity contribution in [3.8, 4) is 34.0 Å². The molecule has 34 heavy (non-hydrogen) atoms. The van der Waals surface area contributed by atoms with E-state index in [-0.39, 0.29) is 0 Å². The molecular weight excluding hydrogens is 436 g/mol. The Morgan fingerprint density at radius 3 is 1.94 bits per heavy atom. The predicted octanol–water partition coefficient (Wildman–Crippen LogP) is 8.64. The molecule has 0 aliphatic carbocycles. The lowest BCUT2D eigenvalue weighted by Crippen LogP contribution is -1.93. The third-order valence-electron chi connectivity index (χ3n) is 6.30. The molecule has 0 unspecified atom stereocenters. The molecule has 1 heterocycles. The molecule has 6 aromatic rings. The minimum Gasteiger partial charge on any atom is -0.309 e. The molecule has 5 aromatic carbocycles. The van der Waals surface area contributed by atoms with E-state index in [4.69, 9.17) is 11.6 Å². The average Bonchev–Trinajstić information content (AvgIpc) is 3.23. The second-order valence-electron chi connectivity index (χ2n) is 8.27. The van der Waals surface area contributed by atoms with Gasteiger partial charge in [-0.1, -0.05) is 84.4 Å². The molecule has 0 fully saturated rings. The first-order chi connectivity index (χ1) is 16.7. The third kappa shape index (κ3) is 3.27. The lowest BCUT2D eigenvalue weighted by molar-refractivity contribution is 1.18. The number of halogens is 1. The number of hydrogen-bond donors (Lipinski definition) is 0. The van der Waals surface area contributed by atoms with Crippen molar-refractivity contribution in [2.24, 2.45) is 0 Å². The Morgan fingerprint density at radius 2 is 1.21 bits per heavy atom. The number of nitrogens with zero attached hydrogens (tertiary/aromatic N) is 2. The number of para-hydroxylation sites is 2. The van der Waals surface area contributed by atoms with Crippen LogP contribution in [0.1, 0.15) is 5.56 Å². The molecule has 2 nitrogen and oxygen atoms in total. The number of hydrogen-bond acceptors (Lipinski definition) is 1. The SMILES string of the molecule is N#Cc1c(-c2ccccc2)cc(Cl)cc1-c1ccc2c(c1)c1ccccc1n2-c1ccccc1. The summed E-state index contributed by atoms with van der Waals surface area (Å²) in [5.41, 5.74) is 7.65. The number of benzene rings is 5. The van der Waals surface area contributed by atoms with Crippen molar-refractivity contribution in [3.63, 3.8) is 0 Å². The van der Waals surface area contributed by atoms with Crippen LogP contribution in [0.4, 0.5) is 0 Å². The smallest absolute Gasteiger partial charge is 0.100 e. The van der Waals surface area contributed by atoms with Gasteiger partial charge in [0.1, 0.15) is 6.07 Å². The average molecular weight is 455 g/mol. The zero-order chi connectivity index (χ0) is 23.1. The summed E-state index contributed by atoms with van der Waals surface area (Å²) in [5, 5.41) is 13.1. The lowest BCUT2D eigenvalue weighted by Gasteiger charge is -2.12. The van der Waals surface area contributed by atoms with Gasteiger partial charge in [0.25, 0.3) is 0 Å². The summed E-state index contributed by atoms with van der Waals surface area (Å²) >= 11 is 6.56. The van der Waals surface area contributed by atoms with Gasteiger partial charge in [0.2, 0.25) is 0 Å².